The van der Waals surface area contributed by atoms with Gasteiger partial charge in [0.25, 0.3) is 5.56 Å². The lowest BCUT2D eigenvalue weighted by Gasteiger charge is -2.27. The second-order valence-corrected chi connectivity index (χ2v) is 8.45. The molecule has 3 rings (SSSR count). The Kier molecular flexibility index (Phi) is 6.57. The first-order chi connectivity index (χ1) is 13.4. The van der Waals surface area contributed by atoms with Gasteiger partial charge in [-0.05, 0) is 51.1 Å². The minimum Gasteiger partial charge on any atom is -0.309 e. The van der Waals surface area contributed by atoms with Crippen LogP contribution in [0.4, 0.5) is 5.69 Å². The third-order valence-electron chi connectivity index (χ3n) is 4.34. The van der Waals surface area contributed by atoms with Gasteiger partial charge >= 0.3 is 0 Å². The number of nitrogens with zero attached hydrogens (tertiary/aromatic N) is 3. The largest absolute Gasteiger partial charge is 0.309 e. The van der Waals surface area contributed by atoms with E-state index in [2.05, 4.69) is 20.9 Å². The highest BCUT2D eigenvalue weighted by Crippen LogP contribution is 2.23. The van der Waals surface area contributed by atoms with Crippen LogP contribution in [0.25, 0.3) is 10.9 Å². The van der Waals surface area contributed by atoms with Crippen molar-refractivity contribution in [2.45, 2.75) is 38.5 Å². The Labute approximate surface area is 176 Å². The molecule has 0 saturated carbocycles. The predicted molar refractivity (Wildman–Crippen MR) is 119 cm³/mol. The summed E-state index contributed by atoms with van der Waals surface area (Å²) in [7, 11) is 0. The summed E-state index contributed by atoms with van der Waals surface area (Å²) in [6, 6.07) is 15.1. The van der Waals surface area contributed by atoms with Crippen LogP contribution in [-0.4, -0.2) is 27.3 Å². The Morgan fingerprint density at radius 1 is 1.21 bits per heavy atom. The molecule has 0 aliphatic heterocycles. The van der Waals surface area contributed by atoms with Crippen molar-refractivity contribution < 1.29 is 4.79 Å². The minimum atomic E-state index is -0.0903. The fraction of sp³-hybridized carbons (Fsp3) is 0.286. The van der Waals surface area contributed by atoms with E-state index in [4.69, 9.17) is 0 Å². The summed E-state index contributed by atoms with van der Waals surface area (Å²) in [5.74, 6) is 0.195. The zero-order valence-electron chi connectivity index (χ0n) is 16.1. The number of fused-ring (bicyclic) bond motifs is 1. The molecule has 0 atom stereocenters. The maximum Gasteiger partial charge on any atom is 0.262 e. The number of anilines is 1. The Balaban J connectivity index is 1.89. The van der Waals surface area contributed by atoms with E-state index in [-0.39, 0.29) is 23.3 Å². The number of aromatic nitrogens is 2. The molecule has 146 valence electrons. The number of rotatable bonds is 6. The lowest BCUT2D eigenvalue weighted by atomic mass is 10.2. The minimum absolute atomic E-state index is 0.0148. The maximum absolute atomic E-state index is 12.9. The number of amides is 1. The van der Waals surface area contributed by atoms with Gasteiger partial charge in [-0.3, -0.25) is 14.2 Å². The Morgan fingerprint density at radius 2 is 1.93 bits per heavy atom. The molecule has 0 radical (unpaired) electrons. The molecular weight excluding hydrogens is 438 g/mol. The van der Waals surface area contributed by atoms with Crippen LogP contribution < -0.4 is 10.5 Å². The van der Waals surface area contributed by atoms with Crippen molar-refractivity contribution in [2.75, 3.05) is 10.7 Å². The summed E-state index contributed by atoms with van der Waals surface area (Å²) < 4.78 is 2.46. The summed E-state index contributed by atoms with van der Waals surface area (Å²) >= 11 is 4.70. The van der Waals surface area contributed by atoms with E-state index in [1.807, 2.05) is 63.2 Å². The van der Waals surface area contributed by atoms with Crippen LogP contribution >= 0.6 is 27.7 Å². The van der Waals surface area contributed by atoms with Crippen LogP contribution in [0.3, 0.4) is 0 Å². The topological polar surface area (TPSA) is 55.2 Å². The van der Waals surface area contributed by atoms with Crippen LogP contribution in [0.1, 0.15) is 20.8 Å². The fourth-order valence-electron chi connectivity index (χ4n) is 3.08. The number of benzene rings is 2. The maximum atomic E-state index is 12.9. The van der Waals surface area contributed by atoms with Crippen LogP contribution in [0.2, 0.25) is 0 Å². The standard InChI is InChI=1S/C21H22BrN3O2S/c1-4-24-20(27)17-12-15(22)10-11-18(17)23-21(24)28-13-19(26)25(14(2)3)16-8-6-5-7-9-16/h5-12,14H,4,13H2,1-3H3. The van der Waals surface area contributed by atoms with Crippen LogP contribution in [0, 0.1) is 0 Å². The number of hydrogen-bond donors (Lipinski definition) is 0. The second kappa shape index (κ2) is 8.92. The highest BCUT2D eigenvalue weighted by molar-refractivity contribution is 9.10. The molecule has 0 aliphatic carbocycles. The second-order valence-electron chi connectivity index (χ2n) is 6.59. The first-order valence-electron chi connectivity index (χ1n) is 9.12. The number of carbonyl (C=O) groups is 1. The molecule has 1 amide bonds. The van der Waals surface area contributed by atoms with Crippen LogP contribution in [-0.2, 0) is 11.3 Å². The van der Waals surface area contributed by atoms with Crippen molar-refractivity contribution in [3.8, 4) is 0 Å². The first-order valence-corrected chi connectivity index (χ1v) is 10.9. The summed E-state index contributed by atoms with van der Waals surface area (Å²) in [6.07, 6.45) is 0. The lowest BCUT2D eigenvalue weighted by molar-refractivity contribution is -0.116. The van der Waals surface area contributed by atoms with Gasteiger partial charge < -0.3 is 4.90 Å². The molecule has 5 nitrogen and oxygen atoms in total. The third kappa shape index (κ3) is 4.31. The van der Waals surface area contributed by atoms with Gasteiger partial charge in [0.2, 0.25) is 5.91 Å². The van der Waals surface area contributed by atoms with Crippen LogP contribution in [0.5, 0.6) is 0 Å². The Bertz CT molecular complexity index is 1050. The number of hydrogen-bond acceptors (Lipinski definition) is 4. The molecule has 0 fully saturated rings. The molecule has 0 N–H and O–H groups in total. The molecule has 2 aromatic carbocycles. The molecule has 28 heavy (non-hydrogen) atoms. The summed E-state index contributed by atoms with van der Waals surface area (Å²) in [4.78, 5) is 32.2. The molecule has 1 heterocycles. The quantitative estimate of drug-likeness (QED) is 0.395. The average Bonchev–Trinajstić information content (AvgIpc) is 2.67. The Hall–Kier alpha value is -2.12. The zero-order valence-corrected chi connectivity index (χ0v) is 18.5. The summed E-state index contributed by atoms with van der Waals surface area (Å²) in [5, 5.41) is 1.13. The summed E-state index contributed by atoms with van der Waals surface area (Å²) in [6.45, 7) is 6.38. The van der Waals surface area contributed by atoms with Gasteiger partial charge in [-0.15, -0.1) is 0 Å². The Morgan fingerprint density at radius 3 is 2.57 bits per heavy atom. The monoisotopic (exact) mass is 459 g/mol. The molecule has 0 bridgehead atoms. The van der Waals surface area contributed by atoms with Crippen molar-refractivity contribution in [3.05, 3.63) is 63.4 Å². The van der Waals surface area contributed by atoms with Gasteiger partial charge in [-0.2, -0.15) is 0 Å². The van der Waals surface area contributed by atoms with Gasteiger partial charge in [-0.1, -0.05) is 45.9 Å². The number of para-hydroxylation sites is 1. The lowest BCUT2D eigenvalue weighted by Crippen LogP contribution is -2.38. The molecule has 3 aromatic rings. The highest BCUT2D eigenvalue weighted by atomic mass is 79.9. The molecule has 7 heteroatoms. The van der Waals surface area contributed by atoms with Crippen molar-refractivity contribution in [1.29, 1.82) is 0 Å². The normalized spacial score (nSPS) is 11.2. The van der Waals surface area contributed by atoms with Gasteiger partial charge in [0.05, 0.1) is 16.7 Å². The predicted octanol–water partition coefficient (Wildman–Crippen LogP) is 4.71. The smallest absolute Gasteiger partial charge is 0.262 e. The van der Waals surface area contributed by atoms with Crippen molar-refractivity contribution in [1.82, 2.24) is 9.55 Å². The van der Waals surface area contributed by atoms with E-state index < -0.39 is 0 Å². The first kappa shape index (κ1) is 20.6. The SMILES string of the molecule is CCn1c(SCC(=O)N(c2ccccc2)C(C)C)nc2ccc(Br)cc2c1=O. The van der Waals surface area contributed by atoms with E-state index in [1.54, 1.807) is 15.5 Å². The van der Waals surface area contributed by atoms with Crippen LogP contribution in [0.15, 0.2) is 63.0 Å². The van der Waals surface area contributed by atoms with E-state index in [9.17, 15) is 9.59 Å². The van der Waals surface area contributed by atoms with Gasteiger partial charge in [0.1, 0.15) is 0 Å². The molecular formula is C21H22BrN3O2S. The van der Waals surface area contributed by atoms with E-state index in [0.717, 1.165) is 10.2 Å². The molecule has 0 unspecified atom stereocenters. The summed E-state index contributed by atoms with van der Waals surface area (Å²) in [5.41, 5.74) is 1.41. The molecule has 1 aromatic heterocycles. The average molecular weight is 460 g/mol. The van der Waals surface area contributed by atoms with Gasteiger partial charge in [0.15, 0.2) is 5.16 Å². The zero-order chi connectivity index (χ0) is 20.3. The number of thioether (sulfide) groups is 1. The third-order valence-corrected chi connectivity index (χ3v) is 5.80. The van der Waals surface area contributed by atoms with Crippen molar-refractivity contribution in [3.63, 3.8) is 0 Å². The number of carbonyl (C=O) groups excluding carboxylic acids is 1. The van der Waals surface area contributed by atoms with E-state index in [0.29, 0.717) is 22.6 Å². The van der Waals surface area contributed by atoms with E-state index in [1.165, 1.54) is 11.8 Å². The van der Waals surface area contributed by atoms with Crippen molar-refractivity contribution in [2.24, 2.45) is 0 Å². The highest BCUT2D eigenvalue weighted by Gasteiger charge is 2.20. The van der Waals surface area contributed by atoms with Crippen molar-refractivity contribution >= 4 is 50.2 Å². The van der Waals surface area contributed by atoms with Gasteiger partial charge in [-0.25, -0.2) is 4.98 Å². The molecule has 0 spiro atoms. The van der Waals surface area contributed by atoms with Gasteiger partial charge in [0, 0.05) is 22.7 Å². The van der Waals surface area contributed by atoms with E-state index >= 15 is 0 Å². The molecule has 0 aliphatic rings. The fourth-order valence-corrected chi connectivity index (χ4v) is 4.36. The molecule has 0 saturated heterocycles. The number of halogens is 1.